The first kappa shape index (κ1) is 12.1. The molecule has 0 fully saturated rings. The number of nitrogens with zero attached hydrogens (tertiary/aromatic N) is 2. The van der Waals surface area contributed by atoms with Crippen LogP contribution in [0.2, 0.25) is 0 Å². The molecule has 0 spiro atoms. The van der Waals surface area contributed by atoms with Crippen LogP contribution in [0.4, 0.5) is 5.69 Å². The Kier molecular flexibility index (Phi) is 3.59. The van der Waals surface area contributed by atoms with Crippen LogP contribution in [0.15, 0.2) is 36.8 Å². The lowest BCUT2D eigenvalue weighted by molar-refractivity contribution is 0.102. The van der Waals surface area contributed by atoms with Crippen LogP contribution in [-0.2, 0) is 6.54 Å². The van der Waals surface area contributed by atoms with Gasteiger partial charge in [-0.15, -0.1) is 0 Å². The molecule has 6 nitrogen and oxygen atoms in total. The average molecular weight is 246 g/mol. The number of amides is 1. The minimum absolute atomic E-state index is 0.153. The number of aromatic hydroxyl groups is 1. The third-order valence-corrected chi connectivity index (χ3v) is 2.38. The number of anilines is 1. The zero-order valence-electron chi connectivity index (χ0n) is 9.71. The van der Waals surface area contributed by atoms with Crippen molar-refractivity contribution >= 4 is 11.6 Å². The topological polar surface area (TPSA) is 93.2 Å². The summed E-state index contributed by atoms with van der Waals surface area (Å²) in [5.41, 5.74) is 6.34. The van der Waals surface area contributed by atoms with Gasteiger partial charge in [-0.2, -0.15) is 0 Å². The fourth-order valence-corrected chi connectivity index (χ4v) is 1.49. The number of hydrogen-bond donors (Lipinski definition) is 3. The SMILES string of the molecule is NCCn1cnc(C(=O)Nc2ccc(O)cc2)c1. The van der Waals surface area contributed by atoms with Gasteiger partial charge in [0.05, 0.1) is 6.33 Å². The number of nitrogens with two attached hydrogens (primary N) is 1. The number of hydrogen-bond acceptors (Lipinski definition) is 4. The van der Waals surface area contributed by atoms with Crippen molar-refractivity contribution in [2.24, 2.45) is 5.73 Å². The first-order valence-corrected chi connectivity index (χ1v) is 5.51. The van der Waals surface area contributed by atoms with Crippen molar-refractivity contribution in [3.8, 4) is 5.75 Å². The number of phenolic OH excluding ortho intramolecular Hbond substituents is 1. The molecule has 0 radical (unpaired) electrons. The lowest BCUT2D eigenvalue weighted by atomic mass is 10.3. The highest BCUT2D eigenvalue weighted by Gasteiger charge is 2.09. The van der Waals surface area contributed by atoms with E-state index in [4.69, 9.17) is 10.8 Å². The first-order valence-electron chi connectivity index (χ1n) is 5.51. The number of aromatic nitrogens is 2. The van der Waals surface area contributed by atoms with Crippen molar-refractivity contribution in [3.63, 3.8) is 0 Å². The van der Waals surface area contributed by atoms with Crippen LogP contribution < -0.4 is 11.1 Å². The van der Waals surface area contributed by atoms with Gasteiger partial charge in [0.15, 0.2) is 0 Å². The molecule has 0 aliphatic heterocycles. The van der Waals surface area contributed by atoms with E-state index in [0.717, 1.165) is 0 Å². The zero-order valence-corrected chi connectivity index (χ0v) is 9.71. The number of carbonyl (C=O) groups is 1. The average Bonchev–Trinajstić information content (AvgIpc) is 2.81. The summed E-state index contributed by atoms with van der Waals surface area (Å²) in [6, 6.07) is 6.24. The molecule has 0 atom stereocenters. The fraction of sp³-hybridized carbons (Fsp3) is 0.167. The highest BCUT2D eigenvalue weighted by molar-refractivity contribution is 6.02. The van der Waals surface area contributed by atoms with Crippen LogP contribution in [0.25, 0.3) is 0 Å². The number of imidazole rings is 1. The zero-order chi connectivity index (χ0) is 13.0. The van der Waals surface area contributed by atoms with Crippen molar-refractivity contribution in [2.75, 3.05) is 11.9 Å². The van der Waals surface area contributed by atoms with Gasteiger partial charge in [-0.3, -0.25) is 4.79 Å². The smallest absolute Gasteiger partial charge is 0.275 e. The van der Waals surface area contributed by atoms with E-state index in [0.29, 0.717) is 24.5 Å². The largest absolute Gasteiger partial charge is 0.508 e. The van der Waals surface area contributed by atoms with Gasteiger partial charge in [-0.1, -0.05) is 0 Å². The van der Waals surface area contributed by atoms with Crippen LogP contribution in [0, 0.1) is 0 Å². The standard InChI is InChI=1S/C12H14N4O2/c13-5-6-16-7-11(14-8-16)12(18)15-9-1-3-10(17)4-2-9/h1-4,7-8,17H,5-6,13H2,(H,15,18). The molecule has 18 heavy (non-hydrogen) atoms. The van der Waals surface area contributed by atoms with Gasteiger partial charge in [0.2, 0.25) is 0 Å². The molecule has 0 saturated heterocycles. The molecule has 4 N–H and O–H groups in total. The summed E-state index contributed by atoms with van der Waals surface area (Å²) < 4.78 is 1.76. The molecule has 0 unspecified atom stereocenters. The lowest BCUT2D eigenvalue weighted by Crippen LogP contribution is -2.12. The van der Waals surface area contributed by atoms with Crippen molar-refractivity contribution < 1.29 is 9.90 Å². The van der Waals surface area contributed by atoms with Crippen molar-refractivity contribution in [3.05, 3.63) is 42.5 Å². The van der Waals surface area contributed by atoms with Crippen molar-refractivity contribution in [1.29, 1.82) is 0 Å². The van der Waals surface area contributed by atoms with E-state index in [1.54, 1.807) is 29.2 Å². The second-order valence-electron chi connectivity index (χ2n) is 3.79. The minimum atomic E-state index is -0.295. The van der Waals surface area contributed by atoms with Gasteiger partial charge in [-0.25, -0.2) is 4.98 Å². The molecular formula is C12H14N4O2. The van der Waals surface area contributed by atoms with E-state index in [2.05, 4.69) is 10.3 Å². The van der Waals surface area contributed by atoms with Gasteiger partial charge in [0.1, 0.15) is 11.4 Å². The molecule has 0 aliphatic rings. The van der Waals surface area contributed by atoms with Crippen LogP contribution in [0.1, 0.15) is 10.5 Å². The predicted octanol–water partition coefficient (Wildman–Crippen LogP) is 0.800. The molecule has 1 amide bonds. The summed E-state index contributed by atoms with van der Waals surface area (Å²) in [4.78, 5) is 15.8. The molecule has 2 rings (SSSR count). The van der Waals surface area contributed by atoms with Gasteiger partial charge < -0.3 is 20.7 Å². The monoisotopic (exact) mass is 246 g/mol. The molecule has 1 aromatic carbocycles. The molecule has 2 aromatic rings. The molecular weight excluding hydrogens is 232 g/mol. The highest BCUT2D eigenvalue weighted by Crippen LogP contribution is 2.14. The lowest BCUT2D eigenvalue weighted by Gasteiger charge is -2.02. The maximum absolute atomic E-state index is 11.8. The molecule has 94 valence electrons. The van der Waals surface area contributed by atoms with Crippen molar-refractivity contribution in [2.45, 2.75) is 6.54 Å². The van der Waals surface area contributed by atoms with E-state index in [1.807, 2.05) is 0 Å². The third kappa shape index (κ3) is 2.86. The molecule has 1 aromatic heterocycles. The quantitative estimate of drug-likeness (QED) is 0.695. The molecule has 6 heteroatoms. The fourth-order valence-electron chi connectivity index (χ4n) is 1.49. The molecule has 1 heterocycles. The molecule has 0 saturated carbocycles. The summed E-state index contributed by atoms with van der Waals surface area (Å²) in [5.74, 6) is -0.142. The van der Waals surface area contributed by atoms with E-state index in [9.17, 15) is 4.79 Å². The normalized spacial score (nSPS) is 10.3. The Bertz CT molecular complexity index is 533. The van der Waals surface area contributed by atoms with E-state index >= 15 is 0 Å². The maximum Gasteiger partial charge on any atom is 0.275 e. The van der Waals surface area contributed by atoms with Crippen LogP contribution in [0.3, 0.4) is 0 Å². The number of nitrogens with one attached hydrogen (secondary N) is 1. The van der Waals surface area contributed by atoms with Gasteiger partial charge in [0, 0.05) is 25.0 Å². The number of carbonyl (C=O) groups excluding carboxylic acids is 1. The number of phenols is 1. The van der Waals surface area contributed by atoms with Crippen LogP contribution in [0.5, 0.6) is 5.75 Å². The Morgan fingerprint density at radius 3 is 2.78 bits per heavy atom. The summed E-state index contributed by atoms with van der Waals surface area (Å²) in [6.45, 7) is 1.12. The highest BCUT2D eigenvalue weighted by atomic mass is 16.3. The summed E-state index contributed by atoms with van der Waals surface area (Å²) in [6.07, 6.45) is 3.21. The third-order valence-electron chi connectivity index (χ3n) is 2.38. The van der Waals surface area contributed by atoms with Gasteiger partial charge in [-0.05, 0) is 24.3 Å². The van der Waals surface area contributed by atoms with Gasteiger partial charge in [0.25, 0.3) is 5.91 Å². The first-order chi connectivity index (χ1) is 8.69. The van der Waals surface area contributed by atoms with Crippen molar-refractivity contribution in [1.82, 2.24) is 9.55 Å². The van der Waals surface area contributed by atoms with Gasteiger partial charge >= 0.3 is 0 Å². The number of benzene rings is 1. The Hall–Kier alpha value is -2.34. The summed E-state index contributed by atoms with van der Waals surface area (Å²) in [5, 5.41) is 11.8. The number of rotatable bonds is 4. The minimum Gasteiger partial charge on any atom is -0.508 e. The predicted molar refractivity (Wildman–Crippen MR) is 67.3 cm³/mol. The summed E-state index contributed by atoms with van der Waals surface area (Å²) >= 11 is 0. The van der Waals surface area contributed by atoms with Crippen LogP contribution in [-0.4, -0.2) is 27.1 Å². The van der Waals surface area contributed by atoms with E-state index in [-0.39, 0.29) is 11.7 Å². The summed E-state index contributed by atoms with van der Waals surface area (Å²) in [7, 11) is 0. The Labute approximate surface area is 104 Å². The second kappa shape index (κ2) is 5.33. The second-order valence-corrected chi connectivity index (χ2v) is 3.79. The Balaban J connectivity index is 2.04. The van der Waals surface area contributed by atoms with Crippen LogP contribution >= 0.6 is 0 Å². The maximum atomic E-state index is 11.8. The molecule has 0 aliphatic carbocycles. The Morgan fingerprint density at radius 2 is 2.11 bits per heavy atom. The van der Waals surface area contributed by atoms with E-state index < -0.39 is 0 Å². The molecule has 0 bridgehead atoms. The Morgan fingerprint density at radius 1 is 1.39 bits per heavy atom. The van der Waals surface area contributed by atoms with E-state index in [1.165, 1.54) is 12.1 Å².